The van der Waals surface area contributed by atoms with E-state index in [0.717, 1.165) is 17.0 Å². The fourth-order valence-electron chi connectivity index (χ4n) is 1.77. The molecule has 6 heteroatoms. The standard InChI is InChI=1S/C12H13ClFN3S/c1-2-11-12(18-17-16-11)10(15)6-7-5-8(13)3-4-9(7)14/h3-5,10H,2,6,15H2,1H3. The zero-order valence-electron chi connectivity index (χ0n) is 9.86. The molecule has 0 saturated heterocycles. The predicted octanol–water partition coefficient (Wildman–Crippen LogP) is 3.14. The second-order valence-corrected chi connectivity index (χ2v) is 5.21. The molecule has 0 saturated carbocycles. The summed E-state index contributed by atoms with van der Waals surface area (Å²) >= 11 is 7.12. The highest BCUT2D eigenvalue weighted by molar-refractivity contribution is 7.05. The van der Waals surface area contributed by atoms with Crippen LogP contribution in [0.4, 0.5) is 4.39 Å². The molecule has 0 aliphatic rings. The van der Waals surface area contributed by atoms with E-state index in [1.807, 2.05) is 6.92 Å². The topological polar surface area (TPSA) is 51.8 Å². The maximum absolute atomic E-state index is 13.6. The zero-order chi connectivity index (χ0) is 13.1. The number of nitrogens with two attached hydrogens (primary N) is 1. The Morgan fingerprint density at radius 2 is 2.28 bits per heavy atom. The predicted molar refractivity (Wildman–Crippen MR) is 71.3 cm³/mol. The summed E-state index contributed by atoms with van der Waals surface area (Å²) in [4.78, 5) is 0.914. The molecule has 1 heterocycles. The van der Waals surface area contributed by atoms with Gasteiger partial charge in [0.15, 0.2) is 0 Å². The van der Waals surface area contributed by atoms with Crippen molar-refractivity contribution in [1.82, 2.24) is 9.59 Å². The normalized spacial score (nSPS) is 12.7. The summed E-state index contributed by atoms with van der Waals surface area (Å²) < 4.78 is 17.5. The molecule has 1 aromatic heterocycles. The molecule has 3 nitrogen and oxygen atoms in total. The van der Waals surface area contributed by atoms with Crippen molar-refractivity contribution in [2.75, 3.05) is 0 Å². The zero-order valence-corrected chi connectivity index (χ0v) is 11.4. The second-order valence-electron chi connectivity index (χ2n) is 3.98. The molecule has 0 radical (unpaired) electrons. The molecule has 1 unspecified atom stereocenters. The van der Waals surface area contributed by atoms with E-state index in [9.17, 15) is 4.39 Å². The van der Waals surface area contributed by atoms with E-state index in [1.54, 1.807) is 6.07 Å². The molecule has 0 spiro atoms. The largest absolute Gasteiger partial charge is 0.323 e. The lowest BCUT2D eigenvalue weighted by atomic mass is 10.0. The molecule has 2 rings (SSSR count). The molecule has 18 heavy (non-hydrogen) atoms. The van der Waals surface area contributed by atoms with Gasteiger partial charge in [-0.25, -0.2) is 4.39 Å². The van der Waals surface area contributed by atoms with Gasteiger partial charge in [-0.3, -0.25) is 0 Å². The fourth-order valence-corrected chi connectivity index (χ4v) is 2.70. The third-order valence-corrected chi connectivity index (χ3v) is 3.84. The average molecular weight is 286 g/mol. The van der Waals surface area contributed by atoms with Gasteiger partial charge in [0.25, 0.3) is 0 Å². The van der Waals surface area contributed by atoms with Gasteiger partial charge in [-0.05, 0) is 48.1 Å². The van der Waals surface area contributed by atoms with Crippen LogP contribution in [0.3, 0.4) is 0 Å². The molecule has 0 fully saturated rings. The minimum atomic E-state index is -0.298. The number of hydrogen-bond acceptors (Lipinski definition) is 4. The van der Waals surface area contributed by atoms with E-state index in [2.05, 4.69) is 9.59 Å². The third-order valence-electron chi connectivity index (χ3n) is 2.70. The summed E-state index contributed by atoms with van der Waals surface area (Å²) in [5, 5.41) is 4.52. The van der Waals surface area contributed by atoms with Crippen LogP contribution >= 0.6 is 23.1 Å². The molecular weight excluding hydrogens is 273 g/mol. The van der Waals surface area contributed by atoms with Crippen LogP contribution in [-0.2, 0) is 12.8 Å². The van der Waals surface area contributed by atoms with Crippen molar-refractivity contribution >= 4 is 23.1 Å². The van der Waals surface area contributed by atoms with E-state index >= 15 is 0 Å². The number of halogens is 2. The Morgan fingerprint density at radius 1 is 1.50 bits per heavy atom. The molecule has 0 bridgehead atoms. The molecule has 1 aromatic carbocycles. The first kappa shape index (κ1) is 13.4. The summed E-state index contributed by atoms with van der Waals surface area (Å²) in [5.74, 6) is -0.287. The highest BCUT2D eigenvalue weighted by atomic mass is 35.5. The minimum Gasteiger partial charge on any atom is -0.323 e. The molecule has 0 aliphatic carbocycles. The van der Waals surface area contributed by atoms with Crippen molar-refractivity contribution in [3.8, 4) is 0 Å². The Kier molecular flexibility index (Phi) is 4.27. The lowest BCUT2D eigenvalue weighted by molar-refractivity contribution is 0.594. The van der Waals surface area contributed by atoms with Gasteiger partial charge >= 0.3 is 0 Å². The van der Waals surface area contributed by atoms with E-state index in [-0.39, 0.29) is 11.9 Å². The summed E-state index contributed by atoms with van der Waals surface area (Å²) in [6.07, 6.45) is 1.17. The van der Waals surface area contributed by atoms with Gasteiger partial charge in [-0.1, -0.05) is 23.0 Å². The van der Waals surface area contributed by atoms with Gasteiger partial charge in [0.05, 0.1) is 10.6 Å². The summed E-state index contributed by atoms with van der Waals surface area (Å²) in [6, 6.07) is 4.19. The Balaban J connectivity index is 2.21. The average Bonchev–Trinajstić information content (AvgIpc) is 2.82. The van der Waals surface area contributed by atoms with Gasteiger partial charge in [0.1, 0.15) is 5.82 Å². The Bertz CT molecular complexity index is 544. The van der Waals surface area contributed by atoms with Gasteiger partial charge in [-0.2, -0.15) is 0 Å². The second kappa shape index (κ2) is 5.73. The molecule has 2 aromatic rings. The van der Waals surface area contributed by atoms with Crippen LogP contribution < -0.4 is 5.73 Å². The molecule has 2 N–H and O–H groups in total. The number of benzene rings is 1. The van der Waals surface area contributed by atoms with Crippen molar-refractivity contribution < 1.29 is 4.39 Å². The molecule has 1 atom stereocenters. The van der Waals surface area contributed by atoms with Crippen LogP contribution in [0.25, 0.3) is 0 Å². The first-order chi connectivity index (χ1) is 8.61. The number of aryl methyl sites for hydroxylation is 1. The van der Waals surface area contributed by atoms with Gasteiger partial charge < -0.3 is 5.73 Å². The Morgan fingerprint density at radius 3 is 3.00 bits per heavy atom. The third kappa shape index (κ3) is 2.85. The molecular formula is C12H13ClFN3S. The van der Waals surface area contributed by atoms with Crippen molar-refractivity contribution in [3.63, 3.8) is 0 Å². The maximum atomic E-state index is 13.6. The van der Waals surface area contributed by atoms with E-state index < -0.39 is 0 Å². The van der Waals surface area contributed by atoms with Crippen molar-refractivity contribution in [2.45, 2.75) is 25.8 Å². The van der Waals surface area contributed by atoms with Gasteiger partial charge in [0.2, 0.25) is 0 Å². The SMILES string of the molecule is CCc1nnsc1C(N)Cc1cc(Cl)ccc1F. The van der Waals surface area contributed by atoms with Crippen LogP contribution in [0.15, 0.2) is 18.2 Å². The minimum absolute atomic E-state index is 0.287. The van der Waals surface area contributed by atoms with E-state index in [0.29, 0.717) is 17.0 Å². The van der Waals surface area contributed by atoms with Crippen LogP contribution in [0.2, 0.25) is 5.02 Å². The van der Waals surface area contributed by atoms with E-state index in [4.69, 9.17) is 17.3 Å². The van der Waals surface area contributed by atoms with Crippen LogP contribution in [0, 0.1) is 5.82 Å². The lowest BCUT2D eigenvalue weighted by Gasteiger charge is -2.11. The van der Waals surface area contributed by atoms with Crippen LogP contribution in [0.1, 0.15) is 29.1 Å². The first-order valence-corrected chi connectivity index (χ1v) is 6.77. The maximum Gasteiger partial charge on any atom is 0.126 e. The Hall–Kier alpha value is -1.04. The summed E-state index contributed by atoms with van der Waals surface area (Å²) in [6.45, 7) is 1.99. The molecule has 0 aliphatic heterocycles. The van der Waals surface area contributed by atoms with Gasteiger partial charge in [0, 0.05) is 11.1 Å². The van der Waals surface area contributed by atoms with Crippen LogP contribution in [0.5, 0.6) is 0 Å². The van der Waals surface area contributed by atoms with Crippen molar-refractivity contribution in [3.05, 3.63) is 45.2 Å². The number of hydrogen-bond donors (Lipinski definition) is 1. The summed E-state index contributed by atoms with van der Waals surface area (Å²) in [7, 11) is 0. The highest BCUT2D eigenvalue weighted by Gasteiger charge is 2.16. The van der Waals surface area contributed by atoms with Crippen molar-refractivity contribution in [2.24, 2.45) is 5.73 Å². The Labute approximate surface area is 114 Å². The fraction of sp³-hybridized carbons (Fsp3) is 0.333. The number of nitrogens with zero attached hydrogens (tertiary/aromatic N) is 2. The van der Waals surface area contributed by atoms with Crippen LogP contribution in [-0.4, -0.2) is 9.59 Å². The number of aromatic nitrogens is 2. The van der Waals surface area contributed by atoms with Gasteiger partial charge in [-0.15, -0.1) is 5.10 Å². The number of rotatable bonds is 4. The smallest absolute Gasteiger partial charge is 0.126 e. The molecule has 96 valence electrons. The quantitative estimate of drug-likeness (QED) is 0.939. The first-order valence-electron chi connectivity index (χ1n) is 5.62. The summed E-state index contributed by atoms with van der Waals surface area (Å²) in [5.41, 5.74) is 7.49. The molecule has 0 amide bonds. The highest BCUT2D eigenvalue weighted by Crippen LogP contribution is 2.25. The monoisotopic (exact) mass is 285 g/mol. The van der Waals surface area contributed by atoms with Crippen molar-refractivity contribution in [1.29, 1.82) is 0 Å². The lowest BCUT2D eigenvalue weighted by Crippen LogP contribution is -2.14. The van der Waals surface area contributed by atoms with E-state index in [1.165, 1.54) is 23.7 Å².